The lowest BCUT2D eigenvalue weighted by Crippen LogP contribution is -2.38. The Morgan fingerprint density at radius 3 is 2.42 bits per heavy atom. The number of carboxylic acids is 1. The Kier molecular flexibility index (Phi) is 4.04. The smallest absolute Gasteiger partial charge is 0.323 e. The van der Waals surface area contributed by atoms with Crippen LogP contribution in [0.25, 0.3) is 0 Å². The van der Waals surface area contributed by atoms with Gasteiger partial charge in [0.2, 0.25) is 5.91 Å². The number of nitrogens with zero attached hydrogens (tertiary/aromatic N) is 1. The van der Waals surface area contributed by atoms with Crippen LogP contribution in [0, 0.1) is 5.92 Å². The molecule has 0 unspecified atom stereocenters. The Morgan fingerprint density at radius 2 is 1.89 bits per heavy atom. The van der Waals surface area contributed by atoms with Crippen molar-refractivity contribution in [3.05, 3.63) is 29.8 Å². The molecule has 1 aromatic rings. The highest BCUT2D eigenvalue weighted by Crippen LogP contribution is 2.29. The van der Waals surface area contributed by atoms with Crippen LogP contribution in [0.15, 0.2) is 24.3 Å². The van der Waals surface area contributed by atoms with Gasteiger partial charge in [-0.15, -0.1) is 0 Å². The fraction of sp³-hybridized carbons (Fsp3) is 0.429. The van der Waals surface area contributed by atoms with E-state index in [2.05, 4.69) is 0 Å². The van der Waals surface area contributed by atoms with Crippen LogP contribution in [0.4, 0.5) is 5.69 Å². The summed E-state index contributed by atoms with van der Waals surface area (Å²) in [5, 5.41) is 8.86. The van der Waals surface area contributed by atoms with Crippen LogP contribution in [0.2, 0.25) is 0 Å². The van der Waals surface area contributed by atoms with Gasteiger partial charge in [0.25, 0.3) is 0 Å². The number of amides is 1. The molecule has 1 aliphatic carbocycles. The lowest BCUT2D eigenvalue weighted by molar-refractivity contribution is -0.144. The first-order chi connectivity index (χ1) is 9.04. The van der Waals surface area contributed by atoms with Gasteiger partial charge in [0.15, 0.2) is 0 Å². The van der Waals surface area contributed by atoms with Crippen LogP contribution in [-0.2, 0) is 16.0 Å². The summed E-state index contributed by atoms with van der Waals surface area (Å²) in [7, 11) is 0. The van der Waals surface area contributed by atoms with E-state index in [-0.39, 0.29) is 18.9 Å². The van der Waals surface area contributed by atoms with Gasteiger partial charge < -0.3 is 15.7 Å². The highest BCUT2D eigenvalue weighted by atomic mass is 16.4. The maximum atomic E-state index is 12.1. The Labute approximate surface area is 112 Å². The maximum absolute atomic E-state index is 12.1. The van der Waals surface area contributed by atoms with E-state index >= 15 is 0 Å². The first kappa shape index (κ1) is 13.4. The Hall–Kier alpha value is -2.04. The zero-order chi connectivity index (χ0) is 13.8. The van der Waals surface area contributed by atoms with Crippen molar-refractivity contribution >= 4 is 17.6 Å². The quantitative estimate of drug-likeness (QED) is 0.753. The normalized spacial score (nSPS) is 14.1. The average molecular weight is 262 g/mol. The molecule has 0 spiro atoms. The fourth-order valence-electron chi connectivity index (χ4n) is 1.95. The predicted octanol–water partition coefficient (Wildman–Crippen LogP) is 1.13. The van der Waals surface area contributed by atoms with Gasteiger partial charge in [-0.1, -0.05) is 12.1 Å². The van der Waals surface area contributed by atoms with Gasteiger partial charge in [0, 0.05) is 12.2 Å². The topological polar surface area (TPSA) is 83.6 Å². The summed E-state index contributed by atoms with van der Waals surface area (Å²) < 4.78 is 0. The van der Waals surface area contributed by atoms with Gasteiger partial charge in [-0.25, -0.2) is 0 Å². The van der Waals surface area contributed by atoms with Crippen LogP contribution >= 0.6 is 0 Å². The van der Waals surface area contributed by atoms with E-state index in [1.54, 1.807) is 24.3 Å². The number of nitrogen functional groups attached to an aromatic ring is 1. The van der Waals surface area contributed by atoms with Crippen LogP contribution in [-0.4, -0.2) is 35.0 Å². The van der Waals surface area contributed by atoms with Crippen LogP contribution < -0.4 is 5.73 Å². The summed E-state index contributed by atoms with van der Waals surface area (Å²) in [6.45, 7) is 0.338. The number of aliphatic carboxylic acids is 1. The monoisotopic (exact) mass is 262 g/mol. The van der Waals surface area contributed by atoms with E-state index in [4.69, 9.17) is 10.8 Å². The number of hydrogen-bond donors (Lipinski definition) is 2. The molecule has 1 amide bonds. The average Bonchev–Trinajstić information content (AvgIpc) is 3.14. The molecule has 1 fully saturated rings. The van der Waals surface area contributed by atoms with Crippen molar-refractivity contribution in [2.45, 2.75) is 19.3 Å². The molecule has 0 aromatic heterocycles. The van der Waals surface area contributed by atoms with E-state index in [1.807, 2.05) is 0 Å². The summed E-state index contributed by atoms with van der Waals surface area (Å²) in [6.07, 6.45) is 2.40. The van der Waals surface area contributed by atoms with Crippen molar-refractivity contribution in [1.29, 1.82) is 0 Å². The molecule has 0 bridgehead atoms. The van der Waals surface area contributed by atoms with Gasteiger partial charge in [-0.2, -0.15) is 0 Å². The zero-order valence-electron chi connectivity index (χ0n) is 10.7. The van der Waals surface area contributed by atoms with E-state index in [0.717, 1.165) is 18.4 Å². The second-order valence-corrected chi connectivity index (χ2v) is 5.03. The second-order valence-electron chi connectivity index (χ2n) is 5.03. The Morgan fingerprint density at radius 1 is 1.26 bits per heavy atom. The summed E-state index contributed by atoms with van der Waals surface area (Å²) in [4.78, 5) is 24.4. The number of hydrogen-bond acceptors (Lipinski definition) is 3. The van der Waals surface area contributed by atoms with Crippen molar-refractivity contribution in [1.82, 2.24) is 4.90 Å². The second kappa shape index (κ2) is 5.73. The standard InChI is InChI=1S/C14H18N2O3/c15-12-5-3-10(4-6-12)7-13(17)16(9-14(18)19)8-11-1-2-11/h3-6,11H,1-2,7-9,15H2,(H,18,19). The van der Waals surface area contributed by atoms with E-state index in [9.17, 15) is 9.59 Å². The summed E-state index contributed by atoms with van der Waals surface area (Å²) in [6, 6.07) is 7.07. The molecular weight excluding hydrogens is 244 g/mol. The van der Waals surface area contributed by atoms with Crippen LogP contribution in [0.3, 0.4) is 0 Å². The molecule has 1 aromatic carbocycles. The number of rotatable bonds is 6. The molecule has 3 N–H and O–H groups in total. The lowest BCUT2D eigenvalue weighted by Gasteiger charge is -2.20. The van der Waals surface area contributed by atoms with Crippen LogP contribution in [0.5, 0.6) is 0 Å². The highest BCUT2D eigenvalue weighted by Gasteiger charge is 2.27. The summed E-state index contributed by atoms with van der Waals surface area (Å²) >= 11 is 0. The highest BCUT2D eigenvalue weighted by molar-refractivity contribution is 5.83. The Balaban J connectivity index is 1.97. The largest absolute Gasteiger partial charge is 0.480 e. The van der Waals surface area contributed by atoms with Gasteiger partial charge in [-0.05, 0) is 36.5 Å². The van der Waals surface area contributed by atoms with Crippen molar-refractivity contribution in [3.63, 3.8) is 0 Å². The molecular formula is C14H18N2O3. The molecule has 5 heteroatoms. The number of carboxylic acid groups (broad SMARTS) is 1. The van der Waals surface area contributed by atoms with Crippen molar-refractivity contribution in [3.8, 4) is 0 Å². The third-order valence-corrected chi connectivity index (χ3v) is 3.19. The molecule has 102 valence electrons. The summed E-state index contributed by atoms with van der Waals surface area (Å²) in [5.74, 6) is -0.625. The molecule has 1 saturated carbocycles. The molecule has 0 saturated heterocycles. The Bertz CT molecular complexity index is 466. The van der Waals surface area contributed by atoms with Crippen LogP contribution in [0.1, 0.15) is 18.4 Å². The third-order valence-electron chi connectivity index (χ3n) is 3.19. The van der Waals surface area contributed by atoms with Gasteiger partial charge in [0.1, 0.15) is 6.54 Å². The minimum atomic E-state index is -0.966. The first-order valence-corrected chi connectivity index (χ1v) is 6.38. The number of nitrogens with two attached hydrogens (primary N) is 1. The fourth-order valence-corrected chi connectivity index (χ4v) is 1.95. The number of carbonyl (C=O) groups excluding carboxylic acids is 1. The van der Waals surface area contributed by atoms with Gasteiger partial charge in [-0.3, -0.25) is 9.59 Å². The molecule has 0 aliphatic heterocycles. The molecule has 0 heterocycles. The number of benzene rings is 1. The first-order valence-electron chi connectivity index (χ1n) is 6.38. The van der Waals surface area contributed by atoms with E-state index in [1.165, 1.54) is 4.90 Å². The molecule has 5 nitrogen and oxygen atoms in total. The molecule has 19 heavy (non-hydrogen) atoms. The molecule has 0 atom stereocenters. The zero-order valence-corrected chi connectivity index (χ0v) is 10.7. The summed E-state index contributed by atoms with van der Waals surface area (Å²) in [5.41, 5.74) is 7.09. The van der Waals surface area contributed by atoms with Gasteiger partial charge in [0.05, 0.1) is 6.42 Å². The van der Waals surface area contributed by atoms with E-state index < -0.39 is 5.97 Å². The number of anilines is 1. The van der Waals surface area contributed by atoms with Crippen molar-refractivity contribution in [2.75, 3.05) is 18.8 Å². The maximum Gasteiger partial charge on any atom is 0.323 e. The number of carbonyl (C=O) groups is 2. The van der Waals surface area contributed by atoms with Crippen molar-refractivity contribution in [2.24, 2.45) is 5.92 Å². The minimum Gasteiger partial charge on any atom is -0.480 e. The molecule has 0 radical (unpaired) electrons. The van der Waals surface area contributed by atoms with Gasteiger partial charge >= 0.3 is 5.97 Å². The minimum absolute atomic E-state index is 0.140. The SMILES string of the molecule is Nc1ccc(CC(=O)N(CC(=O)O)CC2CC2)cc1. The molecule has 2 rings (SSSR count). The lowest BCUT2D eigenvalue weighted by atomic mass is 10.1. The third kappa shape index (κ3) is 4.28. The predicted molar refractivity (Wildman–Crippen MR) is 71.5 cm³/mol. The van der Waals surface area contributed by atoms with Crippen molar-refractivity contribution < 1.29 is 14.7 Å². The molecule has 1 aliphatic rings. The van der Waals surface area contributed by atoms with E-state index in [0.29, 0.717) is 18.2 Å².